The van der Waals surface area contributed by atoms with E-state index in [0.717, 1.165) is 17.5 Å². The summed E-state index contributed by atoms with van der Waals surface area (Å²) in [7, 11) is 0. The number of nitrogens with two attached hydrogens (primary N) is 1. The van der Waals surface area contributed by atoms with Gasteiger partial charge in [0.05, 0.1) is 6.10 Å². The molecule has 1 aliphatic rings. The Morgan fingerprint density at radius 3 is 2.86 bits per heavy atom. The van der Waals surface area contributed by atoms with Gasteiger partial charge in [-0.25, -0.2) is 0 Å². The Hall–Kier alpha value is -0.380. The number of hydrogen-bond acceptors (Lipinski definition) is 2. The van der Waals surface area contributed by atoms with Crippen LogP contribution in [0.15, 0.2) is 22.7 Å². The van der Waals surface area contributed by atoms with Crippen LogP contribution in [0.3, 0.4) is 0 Å². The Morgan fingerprint density at radius 1 is 1.50 bits per heavy atom. The van der Waals surface area contributed by atoms with Gasteiger partial charge in [-0.15, -0.1) is 0 Å². The molecule has 2 N–H and O–H groups in total. The van der Waals surface area contributed by atoms with Gasteiger partial charge in [-0.2, -0.15) is 0 Å². The van der Waals surface area contributed by atoms with Gasteiger partial charge >= 0.3 is 0 Å². The summed E-state index contributed by atoms with van der Waals surface area (Å²) >= 11 is 3.48. The van der Waals surface area contributed by atoms with Crippen molar-refractivity contribution in [3.05, 3.63) is 33.8 Å². The fourth-order valence-corrected chi connectivity index (χ4v) is 2.04. The van der Waals surface area contributed by atoms with Crippen LogP contribution in [0.25, 0.3) is 0 Å². The molecular formula is C11H14BrNO. The van der Waals surface area contributed by atoms with E-state index in [1.807, 2.05) is 0 Å². The topological polar surface area (TPSA) is 35.2 Å². The first kappa shape index (κ1) is 10.1. The van der Waals surface area contributed by atoms with Gasteiger partial charge in [-0.1, -0.05) is 28.1 Å². The van der Waals surface area contributed by atoms with Gasteiger partial charge in [0.1, 0.15) is 0 Å². The summed E-state index contributed by atoms with van der Waals surface area (Å²) in [5.74, 6) is 0. The molecule has 2 nitrogen and oxygen atoms in total. The van der Waals surface area contributed by atoms with Crippen LogP contribution in [0.2, 0.25) is 0 Å². The van der Waals surface area contributed by atoms with Gasteiger partial charge in [0.15, 0.2) is 0 Å². The van der Waals surface area contributed by atoms with E-state index < -0.39 is 0 Å². The van der Waals surface area contributed by atoms with Crippen LogP contribution in [0.1, 0.15) is 23.7 Å². The molecule has 1 heterocycles. The number of halogens is 1. The molecule has 0 bridgehead atoms. The van der Waals surface area contributed by atoms with Crippen LogP contribution >= 0.6 is 15.9 Å². The van der Waals surface area contributed by atoms with E-state index in [9.17, 15) is 0 Å². The minimum atomic E-state index is 0.0850. The lowest BCUT2D eigenvalue weighted by Crippen LogP contribution is -2.23. The third kappa shape index (κ3) is 1.85. The molecule has 0 aliphatic carbocycles. The van der Waals surface area contributed by atoms with Crippen LogP contribution in [0, 0.1) is 6.92 Å². The molecule has 1 fully saturated rings. The summed E-state index contributed by atoms with van der Waals surface area (Å²) in [5.41, 5.74) is 8.38. The van der Waals surface area contributed by atoms with Gasteiger partial charge < -0.3 is 10.5 Å². The molecule has 0 amide bonds. The van der Waals surface area contributed by atoms with Crippen molar-refractivity contribution in [2.24, 2.45) is 5.73 Å². The van der Waals surface area contributed by atoms with Crippen LogP contribution < -0.4 is 5.73 Å². The first-order valence-corrected chi connectivity index (χ1v) is 5.61. The van der Waals surface area contributed by atoms with E-state index in [4.69, 9.17) is 10.5 Å². The average molecular weight is 256 g/mol. The molecule has 1 aromatic carbocycles. The SMILES string of the molecule is Cc1cc(C2OCCC2N)ccc1Br. The van der Waals surface area contributed by atoms with Crippen molar-refractivity contribution in [1.82, 2.24) is 0 Å². The second kappa shape index (κ2) is 4.01. The summed E-state index contributed by atoms with van der Waals surface area (Å²) in [6.45, 7) is 2.86. The molecule has 1 saturated heterocycles. The van der Waals surface area contributed by atoms with Crippen LogP contribution in [-0.2, 0) is 4.74 Å². The van der Waals surface area contributed by atoms with Crippen LogP contribution in [0.5, 0.6) is 0 Å². The Balaban J connectivity index is 2.28. The largest absolute Gasteiger partial charge is 0.372 e. The Labute approximate surface area is 92.6 Å². The summed E-state index contributed by atoms with van der Waals surface area (Å²) in [6.07, 6.45) is 1.04. The lowest BCUT2D eigenvalue weighted by molar-refractivity contribution is 0.105. The molecule has 14 heavy (non-hydrogen) atoms. The zero-order chi connectivity index (χ0) is 10.1. The number of rotatable bonds is 1. The number of benzene rings is 1. The minimum absolute atomic E-state index is 0.0850. The first-order valence-electron chi connectivity index (χ1n) is 4.81. The zero-order valence-electron chi connectivity index (χ0n) is 8.16. The summed E-state index contributed by atoms with van der Waals surface area (Å²) in [6, 6.07) is 6.42. The molecule has 2 unspecified atom stereocenters. The summed E-state index contributed by atoms with van der Waals surface area (Å²) in [4.78, 5) is 0. The lowest BCUT2D eigenvalue weighted by Gasteiger charge is -2.15. The van der Waals surface area contributed by atoms with Gasteiger partial charge in [0.2, 0.25) is 0 Å². The monoisotopic (exact) mass is 255 g/mol. The van der Waals surface area contributed by atoms with Gasteiger partial charge in [0, 0.05) is 17.1 Å². The molecular weight excluding hydrogens is 242 g/mol. The van der Waals surface area contributed by atoms with Crippen molar-refractivity contribution in [3.63, 3.8) is 0 Å². The molecule has 1 aromatic rings. The average Bonchev–Trinajstić information content (AvgIpc) is 2.57. The van der Waals surface area contributed by atoms with E-state index in [0.29, 0.717) is 0 Å². The van der Waals surface area contributed by atoms with Crippen molar-refractivity contribution in [3.8, 4) is 0 Å². The van der Waals surface area contributed by atoms with Crippen molar-refractivity contribution < 1.29 is 4.74 Å². The highest BCUT2D eigenvalue weighted by atomic mass is 79.9. The molecule has 0 saturated carbocycles. The molecule has 2 rings (SSSR count). The summed E-state index contributed by atoms with van der Waals surface area (Å²) in [5, 5.41) is 0. The molecule has 0 spiro atoms. The van der Waals surface area contributed by atoms with E-state index in [1.54, 1.807) is 0 Å². The third-order valence-corrected chi connectivity index (χ3v) is 3.54. The predicted octanol–water partition coefficient (Wildman–Crippen LogP) is 2.55. The minimum Gasteiger partial charge on any atom is -0.372 e. The predicted molar refractivity (Wildman–Crippen MR) is 60.2 cm³/mol. The number of aryl methyl sites for hydroxylation is 1. The maximum atomic E-state index is 5.96. The fourth-order valence-electron chi connectivity index (χ4n) is 1.79. The Kier molecular flexibility index (Phi) is 2.91. The van der Waals surface area contributed by atoms with Gasteiger partial charge in [0.25, 0.3) is 0 Å². The highest BCUT2D eigenvalue weighted by Gasteiger charge is 2.26. The standard InChI is InChI=1S/C11H14BrNO/c1-7-6-8(2-3-9(7)12)11-10(13)4-5-14-11/h2-3,6,10-11H,4-5,13H2,1H3. The molecule has 2 atom stereocenters. The van der Waals surface area contributed by atoms with Crippen molar-refractivity contribution in [2.45, 2.75) is 25.5 Å². The fraction of sp³-hybridized carbons (Fsp3) is 0.455. The molecule has 0 radical (unpaired) electrons. The van der Waals surface area contributed by atoms with Gasteiger partial charge in [-0.3, -0.25) is 0 Å². The smallest absolute Gasteiger partial charge is 0.0976 e. The van der Waals surface area contributed by atoms with E-state index in [1.165, 1.54) is 11.1 Å². The third-order valence-electron chi connectivity index (χ3n) is 2.65. The van der Waals surface area contributed by atoms with Crippen LogP contribution in [0.4, 0.5) is 0 Å². The van der Waals surface area contributed by atoms with E-state index in [2.05, 4.69) is 41.1 Å². The van der Waals surface area contributed by atoms with Crippen molar-refractivity contribution in [2.75, 3.05) is 6.61 Å². The van der Waals surface area contributed by atoms with E-state index in [-0.39, 0.29) is 12.1 Å². The highest BCUT2D eigenvalue weighted by molar-refractivity contribution is 9.10. The van der Waals surface area contributed by atoms with Gasteiger partial charge in [-0.05, 0) is 30.5 Å². The number of ether oxygens (including phenoxy) is 1. The number of hydrogen-bond donors (Lipinski definition) is 1. The second-order valence-electron chi connectivity index (χ2n) is 3.75. The maximum absolute atomic E-state index is 5.96. The molecule has 76 valence electrons. The quantitative estimate of drug-likeness (QED) is 0.838. The van der Waals surface area contributed by atoms with Crippen LogP contribution in [-0.4, -0.2) is 12.6 Å². The van der Waals surface area contributed by atoms with E-state index >= 15 is 0 Å². The highest BCUT2D eigenvalue weighted by Crippen LogP contribution is 2.29. The second-order valence-corrected chi connectivity index (χ2v) is 4.61. The van der Waals surface area contributed by atoms with Crippen molar-refractivity contribution >= 4 is 15.9 Å². The lowest BCUT2D eigenvalue weighted by atomic mass is 10.0. The Bertz CT molecular complexity index is 340. The first-order chi connectivity index (χ1) is 6.68. The normalized spacial score (nSPS) is 26.8. The zero-order valence-corrected chi connectivity index (χ0v) is 9.75. The molecule has 3 heteroatoms. The van der Waals surface area contributed by atoms with Crippen molar-refractivity contribution in [1.29, 1.82) is 0 Å². The Morgan fingerprint density at radius 2 is 2.29 bits per heavy atom. The molecule has 1 aliphatic heterocycles. The maximum Gasteiger partial charge on any atom is 0.0976 e. The molecule has 0 aromatic heterocycles. The summed E-state index contributed by atoms with van der Waals surface area (Å²) < 4.78 is 6.74.